The summed E-state index contributed by atoms with van der Waals surface area (Å²) in [5.41, 5.74) is 9.83. The molecule has 0 unspecified atom stereocenters. The van der Waals surface area contributed by atoms with E-state index in [1.165, 1.54) is 0 Å². The Hall–Kier alpha value is -2.07. The van der Waals surface area contributed by atoms with E-state index in [1.807, 2.05) is 49.4 Å². The number of nitrogens with one attached hydrogen (secondary N) is 1. The van der Waals surface area contributed by atoms with Gasteiger partial charge in [0.2, 0.25) is 0 Å². The molecule has 0 aliphatic heterocycles. The van der Waals surface area contributed by atoms with Crippen LogP contribution in [0.15, 0.2) is 42.5 Å². The number of methoxy groups -OCH3 is 1. The molecule has 4 heteroatoms. The number of rotatable bonds is 5. The third kappa shape index (κ3) is 3.08. The first-order chi connectivity index (χ1) is 9.63. The number of hydrogen-bond acceptors (Lipinski definition) is 3. The van der Waals surface area contributed by atoms with Crippen LogP contribution in [-0.2, 0) is 6.54 Å². The van der Waals surface area contributed by atoms with Gasteiger partial charge in [0.1, 0.15) is 10.7 Å². The highest BCUT2D eigenvalue weighted by molar-refractivity contribution is 7.80. The van der Waals surface area contributed by atoms with E-state index in [4.69, 9.17) is 22.7 Å². The van der Waals surface area contributed by atoms with E-state index in [1.54, 1.807) is 7.11 Å². The maximum Gasteiger partial charge on any atom is 0.123 e. The zero-order valence-corrected chi connectivity index (χ0v) is 12.5. The Morgan fingerprint density at radius 3 is 2.65 bits per heavy atom. The first-order valence-corrected chi connectivity index (χ1v) is 6.79. The maximum absolute atomic E-state index is 5.78. The summed E-state index contributed by atoms with van der Waals surface area (Å²) < 4.78 is 5.35. The predicted molar refractivity (Wildman–Crippen MR) is 87.4 cm³/mol. The second-order valence-corrected chi connectivity index (χ2v) is 4.97. The summed E-state index contributed by atoms with van der Waals surface area (Å²) in [6, 6.07) is 13.8. The van der Waals surface area contributed by atoms with Crippen molar-refractivity contribution in [3.8, 4) is 5.75 Å². The molecule has 0 heterocycles. The normalized spacial score (nSPS) is 10.1. The fourth-order valence-corrected chi connectivity index (χ4v) is 2.31. The van der Waals surface area contributed by atoms with Gasteiger partial charge in [0.25, 0.3) is 0 Å². The second-order valence-electron chi connectivity index (χ2n) is 4.53. The summed E-state index contributed by atoms with van der Waals surface area (Å²) in [6.07, 6.45) is 0. The fourth-order valence-electron chi connectivity index (χ4n) is 2.14. The summed E-state index contributed by atoms with van der Waals surface area (Å²) in [6.45, 7) is 2.69. The van der Waals surface area contributed by atoms with E-state index in [2.05, 4.69) is 5.32 Å². The Labute approximate surface area is 124 Å². The lowest BCUT2D eigenvalue weighted by Gasteiger charge is -2.15. The van der Waals surface area contributed by atoms with Crippen molar-refractivity contribution < 1.29 is 4.74 Å². The minimum absolute atomic E-state index is 0.399. The van der Waals surface area contributed by atoms with Gasteiger partial charge in [-0.3, -0.25) is 0 Å². The molecular formula is C16H18N2OS. The van der Waals surface area contributed by atoms with Crippen LogP contribution in [0.1, 0.15) is 16.7 Å². The van der Waals surface area contributed by atoms with Gasteiger partial charge in [-0.25, -0.2) is 0 Å². The molecule has 0 aliphatic carbocycles. The largest absolute Gasteiger partial charge is 0.496 e. The highest BCUT2D eigenvalue weighted by Gasteiger charge is 2.08. The van der Waals surface area contributed by atoms with Gasteiger partial charge in [-0.1, -0.05) is 42.5 Å². The molecule has 0 atom stereocenters. The lowest BCUT2D eigenvalue weighted by Crippen LogP contribution is -2.14. The average Bonchev–Trinajstić information content (AvgIpc) is 2.46. The number of ether oxygens (including phenoxy) is 1. The van der Waals surface area contributed by atoms with Gasteiger partial charge in [0, 0.05) is 23.4 Å². The first-order valence-electron chi connectivity index (χ1n) is 6.38. The van der Waals surface area contributed by atoms with Crippen LogP contribution in [0, 0.1) is 6.92 Å². The van der Waals surface area contributed by atoms with Crippen molar-refractivity contribution in [1.29, 1.82) is 0 Å². The SMILES string of the molecule is COc1ccccc1CNc1c(C)cccc1C(N)=S. The van der Waals surface area contributed by atoms with Crippen LogP contribution in [0.25, 0.3) is 0 Å². The monoisotopic (exact) mass is 286 g/mol. The molecule has 0 spiro atoms. The quantitative estimate of drug-likeness (QED) is 0.828. The number of benzene rings is 2. The highest BCUT2D eigenvalue weighted by Crippen LogP contribution is 2.23. The third-order valence-electron chi connectivity index (χ3n) is 3.19. The summed E-state index contributed by atoms with van der Waals surface area (Å²) in [5, 5.41) is 3.41. The second kappa shape index (κ2) is 6.39. The lowest BCUT2D eigenvalue weighted by atomic mass is 10.1. The van der Waals surface area contributed by atoms with Crippen molar-refractivity contribution >= 4 is 22.9 Å². The van der Waals surface area contributed by atoms with Crippen molar-refractivity contribution in [2.75, 3.05) is 12.4 Å². The van der Waals surface area contributed by atoms with E-state index in [0.717, 1.165) is 28.1 Å². The first kappa shape index (κ1) is 14.3. The fraction of sp³-hybridized carbons (Fsp3) is 0.188. The Balaban J connectivity index is 2.25. The minimum Gasteiger partial charge on any atom is -0.496 e. The molecule has 0 amide bonds. The standard InChI is InChI=1S/C16H18N2OS/c1-11-6-5-8-13(16(17)20)15(11)18-10-12-7-3-4-9-14(12)19-2/h3-9,18H,10H2,1-2H3,(H2,17,20). The molecule has 0 bridgehead atoms. The van der Waals surface area contributed by atoms with Gasteiger partial charge >= 0.3 is 0 Å². The summed E-state index contributed by atoms with van der Waals surface area (Å²) in [5.74, 6) is 0.866. The van der Waals surface area contributed by atoms with Gasteiger partial charge in [-0.15, -0.1) is 0 Å². The molecule has 2 aromatic rings. The molecule has 0 saturated carbocycles. The molecule has 0 fully saturated rings. The van der Waals surface area contributed by atoms with Crippen LogP contribution in [-0.4, -0.2) is 12.1 Å². The number of anilines is 1. The molecule has 0 aliphatic rings. The van der Waals surface area contributed by atoms with Crippen LogP contribution >= 0.6 is 12.2 Å². The van der Waals surface area contributed by atoms with Crippen LogP contribution in [0.2, 0.25) is 0 Å². The van der Waals surface area contributed by atoms with Crippen molar-refractivity contribution in [2.24, 2.45) is 5.73 Å². The van der Waals surface area contributed by atoms with Crippen LogP contribution < -0.4 is 15.8 Å². The lowest BCUT2D eigenvalue weighted by molar-refractivity contribution is 0.410. The number of thiocarbonyl (C=S) groups is 1. The molecule has 0 saturated heterocycles. The molecule has 3 nitrogen and oxygen atoms in total. The van der Waals surface area contributed by atoms with Crippen LogP contribution in [0.3, 0.4) is 0 Å². The highest BCUT2D eigenvalue weighted by atomic mass is 32.1. The van der Waals surface area contributed by atoms with Gasteiger partial charge < -0.3 is 15.8 Å². The summed E-state index contributed by atoms with van der Waals surface area (Å²) in [7, 11) is 1.67. The smallest absolute Gasteiger partial charge is 0.123 e. The molecular weight excluding hydrogens is 268 g/mol. The Bertz CT molecular complexity index is 626. The topological polar surface area (TPSA) is 47.3 Å². The number of para-hydroxylation sites is 2. The maximum atomic E-state index is 5.78. The van der Waals surface area contributed by atoms with Gasteiger partial charge in [-0.2, -0.15) is 0 Å². The van der Waals surface area contributed by atoms with Crippen molar-refractivity contribution in [2.45, 2.75) is 13.5 Å². The van der Waals surface area contributed by atoms with Crippen molar-refractivity contribution in [3.05, 3.63) is 59.2 Å². The van der Waals surface area contributed by atoms with E-state index in [-0.39, 0.29) is 0 Å². The van der Waals surface area contributed by atoms with E-state index < -0.39 is 0 Å². The number of aryl methyl sites for hydroxylation is 1. The third-order valence-corrected chi connectivity index (χ3v) is 3.41. The van der Waals surface area contributed by atoms with E-state index in [9.17, 15) is 0 Å². The molecule has 3 N–H and O–H groups in total. The van der Waals surface area contributed by atoms with Crippen molar-refractivity contribution in [1.82, 2.24) is 0 Å². The summed E-state index contributed by atoms with van der Waals surface area (Å²) in [4.78, 5) is 0.399. The van der Waals surface area contributed by atoms with Gasteiger partial charge in [-0.05, 0) is 24.6 Å². The van der Waals surface area contributed by atoms with E-state index in [0.29, 0.717) is 11.5 Å². The van der Waals surface area contributed by atoms with Gasteiger partial charge in [0.05, 0.1) is 7.11 Å². The van der Waals surface area contributed by atoms with Crippen molar-refractivity contribution in [3.63, 3.8) is 0 Å². The molecule has 2 rings (SSSR count). The predicted octanol–water partition coefficient (Wildman–Crippen LogP) is 3.25. The Kier molecular flexibility index (Phi) is 4.58. The number of hydrogen-bond donors (Lipinski definition) is 2. The van der Waals surface area contributed by atoms with Crippen LogP contribution in [0.5, 0.6) is 5.75 Å². The average molecular weight is 286 g/mol. The molecule has 2 aromatic carbocycles. The van der Waals surface area contributed by atoms with Crippen LogP contribution in [0.4, 0.5) is 5.69 Å². The molecule has 0 radical (unpaired) electrons. The molecule has 104 valence electrons. The summed E-state index contributed by atoms with van der Waals surface area (Å²) >= 11 is 5.10. The Morgan fingerprint density at radius 1 is 1.20 bits per heavy atom. The zero-order chi connectivity index (χ0) is 14.5. The molecule has 0 aromatic heterocycles. The zero-order valence-electron chi connectivity index (χ0n) is 11.6. The minimum atomic E-state index is 0.399. The van der Waals surface area contributed by atoms with Gasteiger partial charge in [0.15, 0.2) is 0 Å². The van der Waals surface area contributed by atoms with E-state index >= 15 is 0 Å². The molecule has 20 heavy (non-hydrogen) atoms. The number of nitrogens with two attached hydrogens (primary N) is 1. The Morgan fingerprint density at radius 2 is 1.95 bits per heavy atom.